The van der Waals surface area contributed by atoms with E-state index < -0.39 is 6.61 Å². The Kier molecular flexibility index (Phi) is 5.30. The number of urea groups is 1. The Bertz CT molecular complexity index is 630. The van der Waals surface area contributed by atoms with E-state index in [1.807, 2.05) is 31.2 Å². The van der Waals surface area contributed by atoms with Crippen molar-refractivity contribution in [3.05, 3.63) is 59.7 Å². The van der Waals surface area contributed by atoms with Gasteiger partial charge in [0.1, 0.15) is 5.75 Å². The summed E-state index contributed by atoms with van der Waals surface area (Å²) < 4.78 is 28.3. The topological polar surface area (TPSA) is 50.4 Å². The summed E-state index contributed by atoms with van der Waals surface area (Å²) >= 11 is 0. The van der Waals surface area contributed by atoms with Gasteiger partial charge in [0.2, 0.25) is 0 Å². The molecule has 2 N–H and O–H groups in total. The number of alkyl halides is 2. The molecule has 0 saturated carbocycles. The molecule has 4 nitrogen and oxygen atoms in total. The van der Waals surface area contributed by atoms with E-state index in [0.29, 0.717) is 12.2 Å². The fraction of sp³-hybridized carbons (Fsp3) is 0.188. The number of nitrogens with one attached hydrogen (secondary N) is 2. The van der Waals surface area contributed by atoms with Crippen molar-refractivity contribution in [2.24, 2.45) is 0 Å². The quantitative estimate of drug-likeness (QED) is 0.879. The molecular formula is C16H16F2N2O2. The first-order valence-corrected chi connectivity index (χ1v) is 6.69. The lowest BCUT2D eigenvalue weighted by atomic mass is 10.1. The zero-order chi connectivity index (χ0) is 15.9. The van der Waals surface area contributed by atoms with E-state index >= 15 is 0 Å². The van der Waals surface area contributed by atoms with Crippen LogP contribution in [-0.4, -0.2) is 12.6 Å². The second kappa shape index (κ2) is 7.40. The summed E-state index contributed by atoms with van der Waals surface area (Å²) in [5, 5.41) is 5.35. The zero-order valence-corrected chi connectivity index (χ0v) is 12.0. The summed E-state index contributed by atoms with van der Waals surface area (Å²) in [7, 11) is 0. The first kappa shape index (κ1) is 15.8. The number of hydrogen-bond donors (Lipinski definition) is 2. The number of ether oxygens (including phenoxy) is 1. The molecule has 0 heterocycles. The average molecular weight is 306 g/mol. The predicted octanol–water partition coefficient (Wildman–Crippen LogP) is 3.92. The normalized spacial score (nSPS) is 10.4. The number of benzene rings is 2. The molecule has 0 unspecified atom stereocenters. The SMILES string of the molecule is Cc1ccccc1CNC(=O)Nc1ccc(OC(F)F)cc1. The molecule has 2 aromatic rings. The predicted molar refractivity (Wildman–Crippen MR) is 80.1 cm³/mol. The molecule has 0 aromatic heterocycles. The molecule has 6 heteroatoms. The number of carbonyl (C=O) groups is 1. The van der Waals surface area contributed by atoms with Crippen LogP contribution in [0.2, 0.25) is 0 Å². The Morgan fingerprint density at radius 3 is 2.45 bits per heavy atom. The highest BCUT2D eigenvalue weighted by Gasteiger charge is 2.06. The van der Waals surface area contributed by atoms with Crippen LogP contribution in [0, 0.1) is 6.92 Å². The molecule has 0 aliphatic carbocycles. The Morgan fingerprint density at radius 2 is 1.82 bits per heavy atom. The fourth-order valence-corrected chi connectivity index (χ4v) is 1.88. The molecule has 22 heavy (non-hydrogen) atoms. The molecule has 2 rings (SSSR count). The van der Waals surface area contributed by atoms with Gasteiger partial charge in [-0.15, -0.1) is 0 Å². The standard InChI is InChI=1S/C16H16F2N2O2/c1-11-4-2-3-5-12(11)10-19-16(21)20-13-6-8-14(9-7-13)22-15(17)18/h2-9,15H,10H2,1H3,(H2,19,20,21). The molecule has 0 bridgehead atoms. The van der Waals surface area contributed by atoms with Gasteiger partial charge in [-0.1, -0.05) is 24.3 Å². The van der Waals surface area contributed by atoms with E-state index in [1.165, 1.54) is 24.3 Å². The summed E-state index contributed by atoms with van der Waals surface area (Å²) in [6, 6.07) is 13.1. The van der Waals surface area contributed by atoms with Crippen LogP contribution >= 0.6 is 0 Å². The van der Waals surface area contributed by atoms with Crippen LogP contribution in [0.25, 0.3) is 0 Å². The molecule has 0 aliphatic heterocycles. The smallest absolute Gasteiger partial charge is 0.387 e. The van der Waals surface area contributed by atoms with Crippen molar-refractivity contribution in [1.82, 2.24) is 5.32 Å². The second-order valence-electron chi connectivity index (χ2n) is 4.64. The number of halogens is 2. The summed E-state index contributed by atoms with van der Waals surface area (Å²) in [4.78, 5) is 11.8. The van der Waals surface area contributed by atoms with Gasteiger partial charge in [0.25, 0.3) is 0 Å². The number of aryl methyl sites for hydroxylation is 1. The lowest BCUT2D eigenvalue weighted by molar-refractivity contribution is -0.0498. The van der Waals surface area contributed by atoms with Crippen LogP contribution in [0.15, 0.2) is 48.5 Å². The van der Waals surface area contributed by atoms with Crippen molar-refractivity contribution in [3.8, 4) is 5.75 Å². The zero-order valence-electron chi connectivity index (χ0n) is 12.0. The van der Waals surface area contributed by atoms with Crippen LogP contribution < -0.4 is 15.4 Å². The van der Waals surface area contributed by atoms with Crippen LogP contribution in [0.1, 0.15) is 11.1 Å². The van der Waals surface area contributed by atoms with Crippen LogP contribution in [0.4, 0.5) is 19.3 Å². The van der Waals surface area contributed by atoms with Gasteiger partial charge in [-0.25, -0.2) is 4.79 Å². The lowest BCUT2D eigenvalue weighted by Crippen LogP contribution is -2.28. The fourth-order valence-electron chi connectivity index (χ4n) is 1.88. The van der Waals surface area contributed by atoms with Crippen molar-refractivity contribution in [2.75, 3.05) is 5.32 Å². The molecular weight excluding hydrogens is 290 g/mol. The third-order valence-corrected chi connectivity index (χ3v) is 3.04. The van der Waals surface area contributed by atoms with Gasteiger partial charge in [0, 0.05) is 12.2 Å². The maximum Gasteiger partial charge on any atom is 0.387 e. The minimum atomic E-state index is -2.86. The van der Waals surface area contributed by atoms with Crippen molar-refractivity contribution in [2.45, 2.75) is 20.1 Å². The van der Waals surface area contributed by atoms with Gasteiger partial charge >= 0.3 is 12.6 Å². The minimum absolute atomic E-state index is 0.0425. The molecule has 0 radical (unpaired) electrons. The minimum Gasteiger partial charge on any atom is -0.435 e. The van der Waals surface area contributed by atoms with Gasteiger partial charge in [-0.2, -0.15) is 8.78 Å². The molecule has 0 saturated heterocycles. The summed E-state index contributed by atoms with van der Waals surface area (Å²) in [5.74, 6) is 0.0425. The highest BCUT2D eigenvalue weighted by atomic mass is 19.3. The first-order chi connectivity index (χ1) is 10.5. The number of amides is 2. The number of anilines is 1. The Hall–Kier alpha value is -2.63. The van der Waals surface area contributed by atoms with E-state index in [0.717, 1.165) is 11.1 Å². The molecule has 0 fully saturated rings. The Labute approximate surface area is 127 Å². The van der Waals surface area contributed by atoms with Crippen LogP contribution in [0.5, 0.6) is 5.75 Å². The summed E-state index contributed by atoms with van der Waals surface area (Å²) in [6.07, 6.45) is 0. The Morgan fingerprint density at radius 1 is 1.14 bits per heavy atom. The van der Waals surface area contributed by atoms with E-state index in [2.05, 4.69) is 15.4 Å². The van der Waals surface area contributed by atoms with Gasteiger partial charge in [0.15, 0.2) is 0 Å². The van der Waals surface area contributed by atoms with Gasteiger partial charge in [-0.3, -0.25) is 0 Å². The molecule has 116 valence electrons. The van der Waals surface area contributed by atoms with Crippen molar-refractivity contribution < 1.29 is 18.3 Å². The monoisotopic (exact) mass is 306 g/mol. The van der Waals surface area contributed by atoms with Gasteiger partial charge < -0.3 is 15.4 Å². The maximum absolute atomic E-state index is 12.0. The largest absolute Gasteiger partial charge is 0.435 e. The highest BCUT2D eigenvalue weighted by Crippen LogP contribution is 2.17. The van der Waals surface area contributed by atoms with Gasteiger partial charge in [-0.05, 0) is 42.3 Å². The number of hydrogen-bond acceptors (Lipinski definition) is 2. The highest BCUT2D eigenvalue weighted by molar-refractivity contribution is 5.89. The van der Waals surface area contributed by atoms with Crippen LogP contribution in [0.3, 0.4) is 0 Å². The van der Waals surface area contributed by atoms with Crippen molar-refractivity contribution >= 4 is 11.7 Å². The molecule has 0 aliphatic rings. The van der Waals surface area contributed by atoms with E-state index in [-0.39, 0.29) is 11.8 Å². The summed E-state index contributed by atoms with van der Waals surface area (Å²) in [5.41, 5.74) is 2.61. The number of carbonyl (C=O) groups excluding carboxylic acids is 1. The van der Waals surface area contributed by atoms with Crippen molar-refractivity contribution in [1.29, 1.82) is 0 Å². The third-order valence-electron chi connectivity index (χ3n) is 3.04. The van der Waals surface area contributed by atoms with E-state index in [1.54, 1.807) is 0 Å². The van der Waals surface area contributed by atoms with E-state index in [4.69, 9.17) is 0 Å². The van der Waals surface area contributed by atoms with Crippen LogP contribution in [-0.2, 0) is 6.54 Å². The molecule has 2 aromatic carbocycles. The lowest BCUT2D eigenvalue weighted by Gasteiger charge is -2.10. The van der Waals surface area contributed by atoms with Crippen molar-refractivity contribution in [3.63, 3.8) is 0 Å². The third kappa shape index (κ3) is 4.73. The molecule has 0 atom stereocenters. The average Bonchev–Trinajstić information content (AvgIpc) is 2.48. The first-order valence-electron chi connectivity index (χ1n) is 6.69. The van der Waals surface area contributed by atoms with Gasteiger partial charge in [0.05, 0.1) is 0 Å². The van der Waals surface area contributed by atoms with E-state index in [9.17, 15) is 13.6 Å². The molecule has 0 spiro atoms. The summed E-state index contributed by atoms with van der Waals surface area (Å²) in [6.45, 7) is -0.488. The maximum atomic E-state index is 12.0. The Balaban J connectivity index is 1.85. The second-order valence-corrected chi connectivity index (χ2v) is 4.64. The molecule has 2 amide bonds. The number of rotatable bonds is 5.